The molecule has 7 heteroatoms. The highest BCUT2D eigenvalue weighted by molar-refractivity contribution is 6.32. The van der Waals surface area contributed by atoms with Crippen LogP contribution in [0.2, 0.25) is 5.02 Å². The molecule has 122 valence electrons. The van der Waals surface area contributed by atoms with Gasteiger partial charge in [0, 0.05) is 12.6 Å². The van der Waals surface area contributed by atoms with E-state index in [1.165, 1.54) is 30.7 Å². The minimum atomic E-state index is -1.07. The molecule has 23 heavy (non-hydrogen) atoms. The van der Waals surface area contributed by atoms with Crippen LogP contribution < -0.4 is 9.47 Å². The topological polar surface area (TPSA) is 73.6 Å². The Kier molecular flexibility index (Phi) is 4.17. The van der Waals surface area contributed by atoms with Crippen molar-refractivity contribution in [3.8, 4) is 22.8 Å². The van der Waals surface area contributed by atoms with E-state index in [1.807, 2.05) is 0 Å². The summed E-state index contributed by atoms with van der Waals surface area (Å²) in [6, 6.07) is 5.02. The number of benzene rings is 1. The Morgan fingerprint density at radius 2 is 2.17 bits per heavy atom. The predicted molar refractivity (Wildman–Crippen MR) is 85.4 cm³/mol. The number of ether oxygens (including phenoxy) is 2. The molecule has 0 saturated heterocycles. The summed E-state index contributed by atoms with van der Waals surface area (Å²) in [5, 5.41) is 13.5. The van der Waals surface area contributed by atoms with Crippen molar-refractivity contribution in [2.24, 2.45) is 13.0 Å². The highest BCUT2D eigenvalue weighted by atomic mass is 35.5. The predicted octanol–water partition coefficient (Wildman–Crippen LogP) is 3.24. The van der Waals surface area contributed by atoms with E-state index in [0.717, 1.165) is 5.56 Å². The fourth-order valence-electron chi connectivity index (χ4n) is 2.36. The molecule has 1 aromatic carbocycles. The van der Waals surface area contributed by atoms with Crippen molar-refractivity contribution in [3.63, 3.8) is 0 Å². The second-order valence-corrected chi connectivity index (χ2v) is 5.99. The third-order valence-corrected chi connectivity index (χ3v) is 4.06. The third-order valence-electron chi connectivity index (χ3n) is 3.78. The van der Waals surface area contributed by atoms with Crippen LogP contribution in [0, 0.1) is 5.92 Å². The lowest BCUT2D eigenvalue weighted by atomic mass is 10.1. The molecule has 2 aromatic rings. The summed E-state index contributed by atoms with van der Waals surface area (Å²) in [7, 11) is 3.22. The van der Waals surface area contributed by atoms with Gasteiger partial charge in [-0.3, -0.25) is 4.68 Å². The summed E-state index contributed by atoms with van der Waals surface area (Å²) in [4.78, 5) is 11.1. The van der Waals surface area contributed by atoms with Crippen LogP contribution >= 0.6 is 11.6 Å². The van der Waals surface area contributed by atoms with Crippen molar-refractivity contribution in [2.75, 3.05) is 13.7 Å². The number of hydrogen-bond acceptors (Lipinski definition) is 4. The number of halogens is 1. The molecular weight excluding hydrogens is 320 g/mol. The van der Waals surface area contributed by atoms with Gasteiger partial charge >= 0.3 is 5.97 Å². The molecule has 1 aliphatic rings. The second kappa shape index (κ2) is 6.12. The number of rotatable bonds is 6. The van der Waals surface area contributed by atoms with Gasteiger partial charge in [0.25, 0.3) is 0 Å². The second-order valence-electron chi connectivity index (χ2n) is 5.59. The largest absolute Gasteiger partial charge is 0.491 e. The molecule has 0 unspecified atom stereocenters. The van der Waals surface area contributed by atoms with Crippen LogP contribution in [-0.4, -0.2) is 34.6 Å². The maximum Gasteiger partial charge on any atom is 0.356 e. The summed E-state index contributed by atoms with van der Waals surface area (Å²) in [5.74, 6) is 0.561. The SMILES string of the molecule is COc1c(Cl)cc(-c2cc(C(=O)O)nn2C)cc1OCC1CC1. The first-order valence-electron chi connectivity index (χ1n) is 7.27. The van der Waals surface area contributed by atoms with Gasteiger partial charge in [-0.05, 0) is 37.0 Å². The van der Waals surface area contributed by atoms with Crippen LogP contribution in [0.1, 0.15) is 23.3 Å². The Morgan fingerprint density at radius 3 is 2.74 bits per heavy atom. The van der Waals surface area contributed by atoms with Gasteiger partial charge in [0.15, 0.2) is 17.2 Å². The standard InChI is InChI=1S/C16H17ClN2O4/c1-19-13(7-12(18-19)16(20)21)10-5-11(17)15(22-2)14(6-10)23-8-9-3-4-9/h5-7,9H,3-4,8H2,1-2H3,(H,20,21). The van der Waals surface area contributed by atoms with Crippen molar-refractivity contribution >= 4 is 17.6 Å². The summed E-state index contributed by atoms with van der Waals surface area (Å²) >= 11 is 6.29. The Bertz CT molecular complexity index is 753. The lowest BCUT2D eigenvalue weighted by Crippen LogP contribution is -2.02. The maximum atomic E-state index is 11.1. The summed E-state index contributed by atoms with van der Waals surface area (Å²) in [5.41, 5.74) is 1.35. The molecular formula is C16H17ClN2O4. The average Bonchev–Trinajstić information content (AvgIpc) is 3.25. The van der Waals surface area contributed by atoms with Crippen LogP contribution in [0.4, 0.5) is 0 Å². The van der Waals surface area contributed by atoms with Gasteiger partial charge in [-0.1, -0.05) is 11.6 Å². The third kappa shape index (κ3) is 3.27. The molecule has 1 aromatic heterocycles. The molecule has 3 rings (SSSR count). The van der Waals surface area contributed by atoms with Crippen LogP contribution in [0.5, 0.6) is 11.5 Å². The molecule has 0 atom stereocenters. The Labute approximate surface area is 138 Å². The molecule has 6 nitrogen and oxygen atoms in total. The van der Waals surface area contributed by atoms with Crippen molar-refractivity contribution in [1.29, 1.82) is 0 Å². The molecule has 0 amide bonds. The molecule has 0 spiro atoms. The zero-order valence-corrected chi connectivity index (χ0v) is 13.6. The van der Waals surface area contributed by atoms with Gasteiger partial charge in [-0.15, -0.1) is 0 Å². The van der Waals surface area contributed by atoms with E-state index in [0.29, 0.717) is 34.7 Å². The van der Waals surface area contributed by atoms with Gasteiger partial charge in [-0.25, -0.2) is 4.79 Å². The molecule has 0 aliphatic heterocycles. The summed E-state index contributed by atoms with van der Waals surface area (Å²) < 4.78 is 12.7. The number of carboxylic acid groups (broad SMARTS) is 1. The van der Waals surface area contributed by atoms with E-state index in [4.69, 9.17) is 26.2 Å². The van der Waals surface area contributed by atoms with E-state index in [9.17, 15) is 4.79 Å². The van der Waals surface area contributed by atoms with Crippen LogP contribution in [-0.2, 0) is 7.05 Å². The summed E-state index contributed by atoms with van der Waals surface area (Å²) in [6.07, 6.45) is 2.36. The summed E-state index contributed by atoms with van der Waals surface area (Å²) in [6.45, 7) is 0.627. The van der Waals surface area contributed by atoms with Gasteiger partial charge < -0.3 is 14.6 Å². The first-order chi connectivity index (χ1) is 11.0. The number of carbonyl (C=O) groups is 1. The van der Waals surface area contributed by atoms with Gasteiger partial charge in [-0.2, -0.15) is 5.10 Å². The molecule has 1 saturated carbocycles. The number of aromatic nitrogens is 2. The lowest BCUT2D eigenvalue weighted by molar-refractivity contribution is 0.0689. The van der Waals surface area contributed by atoms with Crippen molar-refractivity contribution in [2.45, 2.75) is 12.8 Å². The molecule has 1 fully saturated rings. The Hall–Kier alpha value is -2.21. The monoisotopic (exact) mass is 336 g/mol. The number of aryl methyl sites for hydroxylation is 1. The van der Waals surface area contributed by atoms with Gasteiger partial charge in [0.05, 0.1) is 24.4 Å². The number of hydrogen-bond donors (Lipinski definition) is 1. The highest BCUT2D eigenvalue weighted by Crippen LogP contribution is 2.40. The van der Waals surface area contributed by atoms with E-state index in [2.05, 4.69) is 5.10 Å². The number of aromatic carboxylic acids is 1. The Morgan fingerprint density at radius 1 is 1.43 bits per heavy atom. The van der Waals surface area contributed by atoms with Crippen molar-refractivity contribution in [1.82, 2.24) is 9.78 Å². The highest BCUT2D eigenvalue weighted by Gasteiger charge is 2.24. The quantitative estimate of drug-likeness (QED) is 0.876. The van der Waals surface area contributed by atoms with Gasteiger partial charge in [0.2, 0.25) is 0 Å². The lowest BCUT2D eigenvalue weighted by Gasteiger charge is -2.14. The number of nitrogens with zero attached hydrogens (tertiary/aromatic N) is 2. The molecule has 1 heterocycles. The van der Waals surface area contributed by atoms with Crippen molar-refractivity contribution in [3.05, 3.63) is 28.9 Å². The molecule has 1 N–H and O–H groups in total. The van der Waals surface area contributed by atoms with Gasteiger partial charge in [0.1, 0.15) is 0 Å². The fraction of sp³-hybridized carbons (Fsp3) is 0.375. The maximum absolute atomic E-state index is 11.1. The molecule has 1 aliphatic carbocycles. The number of carboxylic acids is 1. The minimum absolute atomic E-state index is 0.0186. The van der Waals surface area contributed by atoms with E-state index in [-0.39, 0.29) is 5.69 Å². The van der Waals surface area contributed by atoms with Crippen LogP contribution in [0.25, 0.3) is 11.3 Å². The van der Waals surface area contributed by atoms with E-state index < -0.39 is 5.97 Å². The average molecular weight is 337 g/mol. The molecule has 0 radical (unpaired) electrons. The smallest absolute Gasteiger partial charge is 0.356 e. The van der Waals surface area contributed by atoms with E-state index >= 15 is 0 Å². The molecule has 0 bridgehead atoms. The van der Waals surface area contributed by atoms with Crippen LogP contribution in [0.3, 0.4) is 0 Å². The Balaban J connectivity index is 1.99. The normalized spacial score (nSPS) is 13.9. The minimum Gasteiger partial charge on any atom is -0.491 e. The fourth-order valence-corrected chi connectivity index (χ4v) is 2.64. The van der Waals surface area contributed by atoms with Crippen LogP contribution in [0.15, 0.2) is 18.2 Å². The zero-order chi connectivity index (χ0) is 16.6. The zero-order valence-electron chi connectivity index (χ0n) is 12.9. The first kappa shape index (κ1) is 15.7. The number of methoxy groups -OCH3 is 1. The first-order valence-corrected chi connectivity index (χ1v) is 7.65. The van der Waals surface area contributed by atoms with Crippen molar-refractivity contribution < 1.29 is 19.4 Å². The van der Waals surface area contributed by atoms with E-state index in [1.54, 1.807) is 19.2 Å².